The zero-order valence-electron chi connectivity index (χ0n) is 13.1. The molecule has 2 nitrogen and oxygen atoms in total. The molecule has 2 saturated heterocycles. The van der Waals surface area contributed by atoms with Gasteiger partial charge in [-0.05, 0) is 62.3 Å². The van der Waals surface area contributed by atoms with Gasteiger partial charge in [0.15, 0.2) is 0 Å². The number of halogens is 1. The Morgan fingerprint density at radius 1 is 1.38 bits per heavy atom. The highest BCUT2D eigenvalue weighted by atomic mass is 19.1. The number of hydrogen-bond donors (Lipinski definition) is 1. The summed E-state index contributed by atoms with van der Waals surface area (Å²) in [5, 5.41) is 3.51. The van der Waals surface area contributed by atoms with Crippen molar-refractivity contribution in [1.82, 2.24) is 5.32 Å². The quantitative estimate of drug-likeness (QED) is 0.893. The lowest BCUT2D eigenvalue weighted by atomic mass is 9.60. The van der Waals surface area contributed by atoms with E-state index in [0.717, 1.165) is 50.9 Å². The average Bonchev–Trinajstić information content (AvgIpc) is 2.48. The molecule has 3 heteroatoms. The number of benzene rings is 1. The minimum atomic E-state index is -0.126. The second kappa shape index (κ2) is 5.69. The maximum absolute atomic E-state index is 13.7. The molecule has 3 atom stereocenters. The van der Waals surface area contributed by atoms with Crippen LogP contribution in [0.1, 0.15) is 51.0 Å². The van der Waals surface area contributed by atoms with Crippen molar-refractivity contribution >= 4 is 0 Å². The number of ether oxygens (including phenoxy) is 1. The molecule has 0 amide bonds. The molecule has 2 aliphatic heterocycles. The van der Waals surface area contributed by atoms with Gasteiger partial charge in [-0.25, -0.2) is 4.39 Å². The van der Waals surface area contributed by atoms with Crippen molar-refractivity contribution in [1.29, 1.82) is 0 Å². The van der Waals surface area contributed by atoms with Crippen molar-refractivity contribution < 1.29 is 9.13 Å². The molecule has 116 valence electrons. The van der Waals surface area contributed by atoms with E-state index < -0.39 is 0 Å². The van der Waals surface area contributed by atoms with Crippen LogP contribution in [-0.4, -0.2) is 25.3 Å². The normalized spacial score (nSPS) is 36.8. The third-order valence-corrected chi connectivity index (χ3v) is 5.66. The van der Waals surface area contributed by atoms with E-state index in [0.29, 0.717) is 5.92 Å². The van der Waals surface area contributed by atoms with E-state index in [9.17, 15) is 4.39 Å². The summed E-state index contributed by atoms with van der Waals surface area (Å²) in [6, 6.07) is 7.18. The number of rotatable bonds is 2. The summed E-state index contributed by atoms with van der Waals surface area (Å²) in [6.07, 6.45) is 4.37. The topological polar surface area (TPSA) is 21.3 Å². The third-order valence-electron chi connectivity index (χ3n) is 5.66. The molecule has 2 fully saturated rings. The first-order chi connectivity index (χ1) is 10.1. The smallest absolute Gasteiger partial charge is 0.123 e. The van der Waals surface area contributed by atoms with Crippen molar-refractivity contribution in [3.8, 4) is 0 Å². The predicted molar refractivity (Wildman–Crippen MR) is 82.9 cm³/mol. The first-order valence-corrected chi connectivity index (χ1v) is 8.17. The highest BCUT2D eigenvalue weighted by molar-refractivity contribution is 5.25. The fraction of sp³-hybridized carbons (Fsp3) is 0.667. The van der Waals surface area contributed by atoms with E-state index in [1.807, 2.05) is 6.07 Å². The Bertz CT molecular complexity index is 502. The first-order valence-electron chi connectivity index (χ1n) is 8.17. The molecule has 1 aromatic rings. The molecular weight excluding hydrogens is 265 g/mol. The fourth-order valence-corrected chi connectivity index (χ4v) is 4.29. The minimum absolute atomic E-state index is 0.0266. The molecular formula is C18H26FNO. The van der Waals surface area contributed by atoms with Crippen LogP contribution in [0.25, 0.3) is 0 Å². The van der Waals surface area contributed by atoms with Gasteiger partial charge in [0.1, 0.15) is 5.82 Å². The molecule has 0 aromatic heterocycles. The van der Waals surface area contributed by atoms with E-state index in [4.69, 9.17) is 4.74 Å². The van der Waals surface area contributed by atoms with E-state index in [1.165, 1.54) is 6.07 Å². The Morgan fingerprint density at radius 3 is 3.00 bits per heavy atom. The Balaban J connectivity index is 1.94. The van der Waals surface area contributed by atoms with E-state index in [-0.39, 0.29) is 16.8 Å². The molecule has 21 heavy (non-hydrogen) atoms. The Hall–Kier alpha value is -0.930. The summed E-state index contributed by atoms with van der Waals surface area (Å²) < 4.78 is 19.7. The zero-order chi connectivity index (χ0) is 14.9. The molecule has 2 aliphatic rings. The van der Waals surface area contributed by atoms with Crippen LogP contribution in [0.5, 0.6) is 0 Å². The Kier molecular flexibility index (Phi) is 4.06. The van der Waals surface area contributed by atoms with Crippen LogP contribution < -0.4 is 5.32 Å². The summed E-state index contributed by atoms with van der Waals surface area (Å²) in [6.45, 7) is 7.28. The molecule has 1 spiro atoms. The highest BCUT2D eigenvalue weighted by Gasteiger charge is 2.48. The molecule has 0 bridgehead atoms. The SMILES string of the molecule is CCC1(C)CC2(CCNCC2c2cccc(F)c2)CCO1. The van der Waals surface area contributed by atoms with Gasteiger partial charge in [-0.2, -0.15) is 0 Å². The number of hydrogen-bond acceptors (Lipinski definition) is 2. The molecule has 3 rings (SSSR count). The van der Waals surface area contributed by atoms with Crippen molar-refractivity contribution in [2.24, 2.45) is 5.41 Å². The van der Waals surface area contributed by atoms with Gasteiger partial charge in [0.25, 0.3) is 0 Å². The van der Waals surface area contributed by atoms with Crippen LogP contribution in [0.2, 0.25) is 0 Å². The largest absolute Gasteiger partial charge is 0.375 e. The lowest BCUT2D eigenvalue weighted by Crippen LogP contribution is -2.51. The van der Waals surface area contributed by atoms with Gasteiger partial charge in [0.2, 0.25) is 0 Å². The highest BCUT2D eigenvalue weighted by Crippen LogP contribution is 2.52. The number of nitrogens with one attached hydrogen (secondary N) is 1. The van der Waals surface area contributed by atoms with Gasteiger partial charge in [-0.15, -0.1) is 0 Å². The van der Waals surface area contributed by atoms with Crippen molar-refractivity contribution in [3.05, 3.63) is 35.6 Å². The molecule has 0 saturated carbocycles. The maximum Gasteiger partial charge on any atom is 0.123 e. The fourth-order valence-electron chi connectivity index (χ4n) is 4.29. The van der Waals surface area contributed by atoms with E-state index in [1.54, 1.807) is 6.07 Å². The van der Waals surface area contributed by atoms with Gasteiger partial charge >= 0.3 is 0 Å². The standard InChI is InChI=1S/C18H26FNO/c1-3-17(2)13-18(8-10-21-17)7-9-20-12-16(18)14-5-4-6-15(19)11-14/h4-6,11,16,20H,3,7-10,12-13H2,1-2H3. The summed E-state index contributed by atoms with van der Waals surface area (Å²) in [5.74, 6) is 0.260. The summed E-state index contributed by atoms with van der Waals surface area (Å²) in [5.41, 5.74) is 1.37. The summed E-state index contributed by atoms with van der Waals surface area (Å²) in [4.78, 5) is 0. The van der Waals surface area contributed by atoms with Gasteiger partial charge in [-0.3, -0.25) is 0 Å². The number of piperidine rings is 1. The van der Waals surface area contributed by atoms with Crippen molar-refractivity contribution in [2.75, 3.05) is 19.7 Å². The second-order valence-electron chi connectivity index (χ2n) is 7.00. The van der Waals surface area contributed by atoms with Crippen LogP contribution in [0.4, 0.5) is 4.39 Å². The van der Waals surface area contributed by atoms with Crippen molar-refractivity contribution in [3.63, 3.8) is 0 Å². The minimum Gasteiger partial charge on any atom is -0.375 e. The molecule has 0 aliphatic carbocycles. The molecule has 3 unspecified atom stereocenters. The van der Waals surface area contributed by atoms with Crippen molar-refractivity contribution in [2.45, 2.75) is 51.0 Å². The van der Waals surface area contributed by atoms with Gasteiger partial charge in [0, 0.05) is 19.1 Å². The van der Waals surface area contributed by atoms with Crippen LogP contribution in [0, 0.1) is 11.2 Å². The van der Waals surface area contributed by atoms with Gasteiger partial charge in [0.05, 0.1) is 5.60 Å². The molecule has 1 aromatic carbocycles. The zero-order valence-corrected chi connectivity index (χ0v) is 13.1. The van der Waals surface area contributed by atoms with E-state index in [2.05, 4.69) is 25.2 Å². The van der Waals surface area contributed by atoms with E-state index >= 15 is 0 Å². The predicted octanol–water partition coefficient (Wildman–Crippen LogP) is 3.87. The monoisotopic (exact) mass is 291 g/mol. The molecule has 1 N–H and O–H groups in total. The second-order valence-corrected chi connectivity index (χ2v) is 7.00. The maximum atomic E-state index is 13.7. The Labute approximate surface area is 127 Å². The van der Waals surface area contributed by atoms with Gasteiger partial charge in [-0.1, -0.05) is 19.1 Å². The van der Waals surface area contributed by atoms with Crippen LogP contribution >= 0.6 is 0 Å². The lowest BCUT2D eigenvalue weighted by Gasteiger charge is -2.52. The summed E-state index contributed by atoms with van der Waals surface area (Å²) in [7, 11) is 0. The van der Waals surface area contributed by atoms with Gasteiger partial charge < -0.3 is 10.1 Å². The van der Waals surface area contributed by atoms with Crippen LogP contribution in [0.15, 0.2) is 24.3 Å². The molecule has 0 radical (unpaired) electrons. The average molecular weight is 291 g/mol. The third kappa shape index (κ3) is 2.86. The first kappa shape index (κ1) is 15.0. The lowest BCUT2D eigenvalue weighted by molar-refractivity contribution is -0.130. The summed E-state index contributed by atoms with van der Waals surface area (Å²) >= 11 is 0. The van der Waals surface area contributed by atoms with Crippen LogP contribution in [0.3, 0.4) is 0 Å². The Morgan fingerprint density at radius 2 is 2.24 bits per heavy atom. The van der Waals surface area contributed by atoms with Crippen LogP contribution in [-0.2, 0) is 4.74 Å². The molecule has 2 heterocycles.